The SMILES string of the molecule is CCN(CCC(=O)O)c1ccc2c(c1)nnn2C(C)C(N)=O. The number of carbonyl (C=O) groups is 2. The minimum Gasteiger partial charge on any atom is -0.481 e. The summed E-state index contributed by atoms with van der Waals surface area (Å²) in [5.41, 5.74) is 7.52. The number of aromatic nitrogens is 3. The zero-order valence-corrected chi connectivity index (χ0v) is 12.6. The number of hydrogen-bond acceptors (Lipinski definition) is 5. The third kappa shape index (κ3) is 3.16. The Morgan fingerprint density at radius 1 is 1.45 bits per heavy atom. The summed E-state index contributed by atoms with van der Waals surface area (Å²) >= 11 is 0. The van der Waals surface area contributed by atoms with E-state index in [2.05, 4.69) is 10.3 Å². The Hall–Kier alpha value is -2.64. The molecule has 1 aromatic carbocycles. The first-order chi connectivity index (χ1) is 10.4. The topological polar surface area (TPSA) is 114 Å². The van der Waals surface area contributed by atoms with Gasteiger partial charge in [0.05, 0.1) is 11.9 Å². The number of rotatable bonds is 7. The molecular weight excluding hydrogens is 286 g/mol. The molecule has 1 unspecified atom stereocenters. The van der Waals surface area contributed by atoms with Crippen molar-refractivity contribution in [1.82, 2.24) is 15.0 Å². The minimum absolute atomic E-state index is 0.0667. The first-order valence-electron chi connectivity index (χ1n) is 7.05. The number of hydrogen-bond donors (Lipinski definition) is 2. The largest absolute Gasteiger partial charge is 0.481 e. The summed E-state index contributed by atoms with van der Waals surface area (Å²) < 4.78 is 1.48. The number of nitrogens with zero attached hydrogens (tertiary/aromatic N) is 4. The van der Waals surface area contributed by atoms with Crippen molar-refractivity contribution in [1.29, 1.82) is 0 Å². The fraction of sp³-hybridized carbons (Fsp3) is 0.429. The van der Waals surface area contributed by atoms with E-state index in [-0.39, 0.29) is 6.42 Å². The number of primary amides is 1. The predicted octanol–water partition coefficient (Wildman–Crippen LogP) is 0.779. The van der Waals surface area contributed by atoms with Gasteiger partial charge in [-0.3, -0.25) is 9.59 Å². The second-order valence-corrected chi connectivity index (χ2v) is 5.01. The highest BCUT2D eigenvalue weighted by molar-refractivity contribution is 5.83. The Morgan fingerprint density at radius 2 is 2.18 bits per heavy atom. The highest BCUT2D eigenvalue weighted by atomic mass is 16.4. The van der Waals surface area contributed by atoms with Crippen LogP contribution in [-0.4, -0.2) is 45.1 Å². The van der Waals surface area contributed by atoms with E-state index in [1.54, 1.807) is 6.92 Å². The van der Waals surface area contributed by atoms with Gasteiger partial charge in [-0.25, -0.2) is 4.68 Å². The van der Waals surface area contributed by atoms with Crippen LogP contribution in [0, 0.1) is 0 Å². The Kier molecular flexibility index (Phi) is 4.59. The van der Waals surface area contributed by atoms with Crippen molar-refractivity contribution in [2.75, 3.05) is 18.0 Å². The van der Waals surface area contributed by atoms with E-state index in [4.69, 9.17) is 10.8 Å². The number of carboxylic acids is 1. The van der Waals surface area contributed by atoms with Gasteiger partial charge in [0.25, 0.3) is 0 Å². The van der Waals surface area contributed by atoms with Crippen molar-refractivity contribution < 1.29 is 14.7 Å². The van der Waals surface area contributed by atoms with E-state index in [0.717, 1.165) is 5.69 Å². The molecule has 0 spiro atoms. The molecule has 1 atom stereocenters. The smallest absolute Gasteiger partial charge is 0.305 e. The molecule has 0 bridgehead atoms. The van der Waals surface area contributed by atoms with E-state index in [9.17, 15) is 9.59 Å². The van der Waals surface area contributed by atoms with Crippen molar-refractivity contribution in [3.8, 4) is 0 Å². The van der Waals surface area contributed by atoms with Gasteiger partial charge in [-0.15, -0.1) is 5.10 Å². The van der Waals surface area contributed by atoms with Crippen molar-refractivity contribution in [3.05, 3.63) is 18.2 Å². The summed E-state index contributed by atoms with van der Waals surface area (Å²) in [6.07, 6.45) is 0.0667. The summed E-state index contributed by atoms with van der Waals surface area (Å²) in [6, 6.07) is 4.93. The van der Waals surface area contributed by atoms with Gasteiger partial charge in [-0.2, -0.15) is 0 Å². The second kappa shape index (κ2) is 6.42. The zero-order chi connectivity index (χ0) is 16.3. The maximum Gasteiger partial charge on any atom is 0.305 e. The average Bonchev–Trinajstić information content (AvgIpc) is 2.89. The highest BCUT2D eigenvalue weighted by Crippen LogP contribution is 2.22. The minimum atomic E-state index is -0.833. The number of anilines is 1. The molecular formula is C14H19N5O3. The first-order valence-corrected chi connectivity index (χ1v) is 7.05. The lowest BCUT2D eigenvalue weighted by atomic mass is 10.2. The molecule has 3 N–H and O–H groups in total. The monoisotopic (exact) mass is 305 g/mol. The van der Waals surface area contributed by atoms with Gasteiger partial charge >= 0.3 is 5.97 Å². The number of carboxylic acid groups (broad SMARTS) is 1. The third-order valence-corrected chi connectivity index (χ3v) is 3.58. The molecule has 0 aliphatic heterocycles. The lowest BCUT2D eigenvalue weighted by Crippen LogP contribution is -2.26. The molecule has 8 heteroatoms. The van der Waals surface area contributed by atoms with Crippen molar-refractivity contribution >= 4 is 28.6 Å². The van der Waals surface area contributed by atoms with Crippen LogP contribution in [0.3, 0.4) is 0 Å². The van der Waals surface area contributed by atoms with Crippen LogP contribution < -0.4 is 10.6 Å². The van der Waals surface area contributed by atoms with Gasteiger partial charge in [0.1, 0.15) is 11.6 Å². The third-order valence-electron chi connectivity index (χ3n) is 3.58. The van der Waals surface area contributed by atoms with E-state index in [0.29, 0.717) is 24.1 Å². The summed E-state index contributed by atoms with van der Waals surface area (Å²) in [7, 11) is 0. The molecule has 1 amide bonds. The fourth-order valence-electron chi connectivity index (χ4n) is 2.23. The van der Waals surface area contributed by atoms with Crippen LogP contribution in [0.4, 0.5) is 5.69 Å². The number of fused-ring (bicyclic) bond motifs is 1. The van der Waals surface area contributed by atoms with Gasteiger partial charge in [-0.1, -0.05) is 5.21 Å². The predicted molar refractivity (Wildman–Crippen MR) is 81.6 cm³/mol. The molecule has 1 aromatic heterocycles. The molecule has 118 valence electrons. The Labute approximate surface area is 127 Å². The summed E-state index contributed by atoms with van der Waals surface area (Å²) in [4.78, 5) is 23.9. The first kappa shape index (κ1) is 15.7. The number of carbonyl (C=O) groups excluding carboxylic acids is 1. The van der Waals surface area contributed by atoms with Gasteiger partial charge in [-0.05, 0) is 32.0 Å². The molecule has 0 aliphatic rings. The number of aliphatic carboxylic acids is 1. The van der Waals surface area contributed by atoms with Crippen LogP contribution in [0.1, 0.15) is 26.3 Å². The molecule has 22 heavy (non-hydrogen) atoms. The maximum atomic E-state index is 11.3. The van der Waals surface area contributed by atoms with Crippen LogP contribution >= 0.6 is 0 Å². The normalized spacial score (nSPS) is 12.3. The molecule has 0 fully saturated rings. The molecule has 8 nitrogen and oxygen atoms in total. The second-order valence-electron chi connectivity index (χ2n) is 5.01. The maximum absolute atomic E-state index is 11.3. The number of amides is 1. The molecule has 0 saturated carbocycles. The van der Waals surface area contributed by atoms with E-state index >= 15 is 0 Å². The van der Waals surface area contributed by atoms with Crippen molar-refractivity contribution in [2.24, 2.45) is 5.73 Å². The molecule has 0 radical (unpaired) electrons. The van der Waals surface area contributed by atoms with Crippen LogP contribution in [-0.2, 0) is 9.59 Å². The molecule has 0 aliphatic carbocycles. The van der Waals surface area contributed by atoms with Crippen molar-refractivity contribution in [3.63, 3.8) is 0 Å². The summed E-state index contributed by atoms with van der Waals surface area (Å²) in [6.45, 7) is 4.72. The van der Waals surface area contributed by atoms with Crippen LogP contribution in [0.25, 0.3) is 11.0 Å². The molecule has 1 heterocycles. The molecule has 2 rings (SSSR count). The zero-order valence-electron chi connectivity index (χ0n) is 12.6. The van der Waals surface area contributed by atoms with Gasteiger partial charge < -0.3 is 15.7 Å². The lowest BCUT2D eigenvalue weighted by molar-refractivity contribution is -0.136. The van der Waals surface area contributed by atoms with Crippen molar-refractivity contribution in [2.45, 2.75) is 26.3 Å². The molecule has 2 aromatic rings. The molecule has 0 saturated heterocycles. The van der Waals surface area contributed by atoms with E-state index in [1.807, 2.05) is 30.0 Å². The summed E-state index contributed by atoms with van der Waals surface area (Å²) in [5, 5.41) is 16.8. The fourth-order valence-corrected chi connectivity index (χ4v) is 2.23. The van der Waals surface area contributed by atoms with Gasteiger partial charge in [0.2, 0.25) is 5.91 Å². The standard InChI is InChI=1S/C14H19N5O3/c1-3-18(7-6-13(20)21)10-4-5-12-11(8-10)16-17-19(12)9(2)14(15)22/h4-5,8-9H,3,6-7H2,1-2H3,(H2,15,22)(H,20,21). The van der Waals surface area contributed by atoms with E-state index < -0.39 is 17.9 Å². The Balaban J connectivity index is 2.31. The number of benzene rings is 1. The van der Waals surface area contributed by atoms with Crippen LogP contribution in [0.5, 0.6) is 0 Å². The average molecular weight is 305 g/mol. The quantitative estimate of drug-likeness (QED) is 0.781. The summed E-state index contributed by atoms with van der Waals surface area (Å²) in [5.74, 6) is -1.31. The number of nitrogens with two attached hydrogens (primary N) is 1. The highest BCUT2D eigenvalue weighted by Gasteiger charge is 2.17. The van der Waals surface area contributed by atoms with E-state index in [1.165, 1.54) is 4.68 Å². The Morgan fingerprint density at radius 3 is 2.77 bits per heavy atom. The van der Waals surface area contributed by atoms with Gasteiger partial charge in [0.15, 0.2) is 0 Å². The van der Waals surface area contributed by atoms with Crippen LogP contribution in [0.15, 0.2) is 18.2 Å². The lowest BCUT2D eigenvalue weighted by Gasteiger charge is -2.22. The van der Waals surface area contributed by atoms with Gasteiger partial charge in [0, 0.05) is 18.8 Å². The van der Waals surface area contributed by atoms with Crippen LogP contribution in [0.2, 0.25) is 0 Å². The Bertz CT molecular complexity index is 697.